The second-order valence-electron chi connectivity index (χ2n) is 8.07. The number of hydrogen-bond acceptors (Lipinski definition) is 4. The predicted molar refractivity (Wildman–Crippen MR) is 120 cm³/mol. The van der Waals surface area contributed by atoms with Gasteiger partial charge >= 0.3 is 0 Å². The Morgan fingerprint density at radius 1 is 1.12 bits per heavy atom. The van der Waals surface area contributed by atoms with E-state index in [1.807, 2.05) is 11.6 Å². The molecule has 2 heterocycles. The van der Waals surface area contributed by atoms with Crippen LogP contribution in [0.2, 0.25) is 0 Å². The quantitative estimate of drug-likeness (QED) is 0.590. The molecule has 3 aromatic rings. The van der Waals surface area contributed by atoms with Crippen LogP contribution in [-0.2, 0) is 34.8 Å². The molecular weight excluding hydrogens is 431 g/mol. The first-order valence-corrected chi connectivity index (χ1v) is 12.3. The van der Waals surface area contributed by atoms with Crippen molar-refractivity contribution in [2.45, 2.75) is 43.5 Å². The van der Waals surface area contributed by atoms with Gasteiger partial charge in [-0.15, -0.1) is 0 Å². The largest absolute Gasteiger partial charge is 0.352 e. The number of nitrogens with zero attached hydrogens (tertiary/aromatic N) is 3. The average molecular weight is 459 g/mol. The first kappa shape index (κ1) is 22.4. The topological polar surface area (TPSA) is 84.3 Å². The standard InChI is InChI=1S/C23H27FN4O3S/c1-27-21-10-9-18(32(30,31)28-13-5-2-6-14-28)15-20(21)26-22(27)11-12-23(29)25-16-17-7-3-4-8-19(17)24/h3-4,7-10,15H,2,5-6,11-14,16H2,1H3,(H,25,29). The van der Waals surface area contributed by atoms with Gasteiger partial charge in [0.05, 0.1) is 15.9 Å². The minimum atomic E-state index is -3.53. The minimum Gasteiger partial charge on any atom is -0.352 e. The molecular formula is C23H27FN4O3S. The highest BCUT2D eigenvalue weighted by Gasteiger charge is 2.26. The van der Waals surface area contributed by atoms with Crippen LogP contribution < -0.4 is 5.32 Å². The molecule has 7 nitrogen and oxygen atoms in total. The van der Waals surface area contributed by atoms with Crippen LogP contribution in [0.15, 0.2) is 47.4 Å². The van der Waals surface area contributed by atoms with Crippen LogP contribution in [0.1, 0.15) is 37.1 Å². The molecule has 1 aliphatic heterocycles. The van der Waals surface area contributed by atoms with Crippen molar-refractivity contribution in [2.75, 3.05) is 13.1 Å². The first-order valence-electron chi connectivity index (χ1n) is 10.8. The molecule has 1 saturated heterocycles. The fraction of sp³-hybridized carbons (Fsp3) is 0.391. The number of piperidine rings is 1. The summed E-state index contributed by atoms with van der Waals surface area (Å²) in [6.45, 7) is 1.23. The Hall–Kier alpha value is -2.78. The fourth-order valence-corrected chi connectivity index (χ4v) is 5.55. The monoisotopic (exact) mass is 458 g/mol. The van der Waals surface area contributed by atoms with E-state index in [1.54, 1.807) is 40.7 Å². The van der Waals surface area contributed by atoms with Gasteiger partial charge in [0.15, 0.2) is 0 Å². The number of benzene rings is 2. The molecule has 0 unspecified atom stereocenters. The van der Waals surface area contributed by atoms with Crippen molar-refractivity contribution in [1.82, 2.24) is 19.2 Å². The number of imidazole rings is 1. The van der Waals surface area contributed by atoms with E-state index in [4.69, 9.17) is 0 Å². The summed E-state index contributed by atoms with van der Waals surface area (Å²) in [5, 5.41) is 2.73. The minimum absolute atomic E-state index is 0.131. The number of halogens is 1. The number of carbonyl (C=O) groups is 1. The Morgan fingerprint density at radius 2 is 1.88 bits per heavy atom. The fourth-order valence-electron chi connectivity index (χ4n) is 4.02. The summed E-state index contributed by atoms with van der Waals surface area (Å²) in [6, 6.07) is 11.3. The van der Waals surface area contributed by atoms with Crippen molar-refractivity contribution in [3.05, 3.63) is 59.7 Å². The lowest BCUT2D eigenvalue weighted by Gasteiger charge is -2.25. The van der Waals surface area contributed by atoms with Crippen LogP contribution in [-0.4, -0.2) is 41.3 Å². The van der Waals surface area contributed by atoms with E-state index < -0.39 is 10.0 Å². The molecule has 0 saturated carbocycles. The lowest BCUT2D eigenvalue weighted by atomic mass is 10.2. The lowest BCUT2D eigenvalue weighted by Crippen LogP contribution is -2.35. The van der Waals surface area contributed by atoms with Gasteiger partial charge in [-0.1, -0.05) is 24.6 Å². The number of amides is 1. The Labute approximate surface area is 187 Å². The van der Waals surface area contributed by atoms with E-state index in [0.717, 1.165) is 24.8 Å². The normalized spacial score (nSPS) is 15.2. The molecule has 4 rings (SSSR count). The number of aromatic nitrogens is 2. The van der Waals surface area contributed by atoms with Crippen LogP contribution in [0.3, 0.4) is 0 Å². The van der Waals surface area contributed by atoms with Gasteiger partial charge in [0.2, 0.25) is 15.9 Å². The molecule has 0 bridgehead atoms. The first-order chi connectivity index (χ1) is 15.4. The molecule has 2 aromatic carbocycles. The molecule has 1 N–H and O–H groups in total. The van der Waals surface area contributed by atoms with Crippen LogP contribution in [0, 0.1) is 5.82 Å². The molecule has 0 aliphatic carbocycles. The number of hydrogen-bond donors (Lipinski definition) is 1. The summed E-state index contributed by atoms with van der Waals surface area (Å²) in [7, 11) is -1.68. The van der Waals surface area contributed by atoms with Crippen LogP contribution in [0.4, 0.5) is 4.39 Å². The highest BCUT2D eigenvalue weighted by Crippen LogP contribution is 2.25. The lowest BCUT2D eigenvalue weighted by molar-refractivity contribution is -0.121. The Morgan fingerprint density at radius 3 is 2.62 bits per heavy atom. The van der Waals surface area contributed by atoms with Gasteiger partial charge in [-0.3, -0.25) is 4.79 Å². The SMILES string of the molecule is Cn1c(CCC(=O)NCc2ccccc2F)nc2cc(S(=O)(=O)N3CCCCC3)ccc21. The zero-order chi connectivity index (χ0) is 22.7. The zero-order valence-electron chi connectivity index (χ0n) is 18.1. The molecule has 9 heteroatoms. The van der Waals surface area contributed by atoms with Crippen LogP contribution >= 0.6 is 0 Å². The van der Waals surface area contributed by atoms with Crippen molar-refractivity contribution in [3.63, 3.8) is 0 Å². The summed E-state index contributed by atoms with van der Waals surface area (Å²) in [5.41, 5.74) is 1.84. The van der Waals surface area contributed by atoms with Gasteiger partial charge < -0.3 is 9.88 Å². The maximum atomic E-state index is 13.7. The molecule has 1 aliphatic rings. The smallest absolute Gasteiger partial charge is 0.243 e. The number of aryl methyl sites for hydroxylation is 2. The second-order valence-corrected chi connectivity index (χ2v) is 10.0. The van der Waals surface area contributed by atoms with Gasteiger partial charge in [-0.05, 0) is 37.1 Å². The molecule has 0 radical (unpaired) electrons. The van der Waals surface area contributed by atoms with E-state index in [2.05, 4.69) is 10.3 Å². The van der Waals surface area contributed by atoms with Gasteiger partial charge in [-0.2, -0.15) is 4.31 Å². The van der Waals surface area contributed by atoms with Crippen molar-refractivity contribution in [1.29, 1.82) is 0 Å². The van der Waals surface area contributed by atoms with Gasteiger partial charge in [0.1, 0.15) is 11.6 Å². The molecule has 1 amide bonds. The Kier molecular flexibility index (Phi) is 6.57. The Balaban J connectivity index is 1.44. The van der Waals surface area contributed by atoms with E-state index in [0.29, 0.717) is 36.4 Å². The number of fused-ring (bicyclic) bond motifs is 1. The third-order valence-electron chi connectivity index (χ3n) is 5.91. The summed E-state index contributed by atoms with van der Waals surface area (Å²) in [4.78, 5) is 17.1. The van der Waals surface area contributed by atoms with Crippen LogP contribution in [0.25, 0.3) is 11.0 Å². The number of rotatable bonds is 7. The third-order valence-corrected chi connectivity index (χ3v) is 7.80. The van der Waals surface area contributed by atoms with Gasteiger partial charge in [0, 0.05) is 45.1 Å². The summed E-state index contributed by atoms with van der Waals surface area (Å²) >= 11 is 0. The predicted octanol–water partition coefficient (Wildman–Crippen LogP) is 3.14. The summed E-state index contributed by atoms with van der Waals surface area (Å²) in [5.74, 6) is 0.140. The number of carbonyl (C=O) groups excluding carboxylic acids is 1. The molecule has 32 heavy (non-hydrogen) atoms. The van der Waals surface area contributed by atoms with Crippen LogP contribution in [0.5, 0.6) is 0 Å². The molecule has 0 atom stereocenters. The maximum Gasteiger partial charge on any atom is 0.243 e. The van der Waals surface area contributed by atoms with Crippen molar-refractivity contribution in [3.8, 4) is 0 Å². The van der Waals surface area contributed by atoms with E-state index in [9.17, 15) is 17.6 Å². The molecule has 170 valence electrons. The highest BCUT2D eigenvalue weighted by atomic mass is 32.2. The van der Waals surface area contributed by atoms with Gasteiger partial charge in [-0.25, -0.2) is 17.8 Å². The van der Waals surface area contributed by atoms with Crippen molar-refractivity contribution < 1.29 is 17.6 Å². The van der Waals surface area contributed by atoms with E-state index in [1.165, 1.54) is 6.07 Å². The van der Waals surface area contributed by atoms with E-state index in [-0.39, 0.29) is 29.6 Å². The van der Waals surface area contributed by atoms with Crippen molar-refractivity contribution >= 4 is 27.0 Å². The summed E-state index contributed by atoms with van der Waals surface area (Å²) < 4.78 is 43.0. The maximum absolute atomic E-state index is 13.7. The highest BCUT2D eigenvalue weighted by molar-refractivity contribution is 7.89. The summed E-state index contributed by atoms with van der Waals surface area (Å²) in [6.07, 6.45) is 3.41. The van der Waals surface area contributed by atoms with Crippen molar-refractivity contribution in [2.24, 2.45) is 7.05 Å². The molecule has 1 aromatic heterocycles. The molecule has 0 spiro atoms. The third kappa shape index (κ3) is 4.68. The second kappa shape index (κ2) is 9.38. The molecule has 1 fully saturated rings. The average Bonchev–Trinajstić information content (AvgIpc) is 3.12. The zero-order valence-corrected chi connectivity index (χ0v) is 18.9. The Bertz CT molecular complexity index is 1230. The number of sulfonamides is 1. The number of nitrogens with one attached hydrogen (secondary N) is 1. The van der Waals surface area contributed by atoms with E-state index >= 15 is 0 Å². The van der Waals surface area contributed by atoms with Gasteiger partial charge in [0.25, 0.3) is 0 Å².